The molecule has 0 spiro atoms. The minimum absolute atomic E-state index is 0.0504. The Morgan fingerprint density at radius 2 is 2.19 bits per heavy atom. The molecule has 1 rings (SSSR count). The van der Waals surface area contributed by atoms with Crippen LogP contribution in [0.3, 0.4) is 0 Å². The van der Waals surface area contributed by atoms with E-state index in [1.165, 1.54) is 10.9 Å². The average Bonchev–Trinajstić information content (AvgIpc) is 2.62. The molecule has 0 aromatic carbocycles. The monoisotopic (exact) mass is 231 g/mol. The zero-order valence-electron chi connectivity index (χ0n) is 9.50. The van der Waals surface area contributed by atoms with Crippen molar-refractivity contribution in [2.24, 2.45) is 0 Å². The van der Waals surface area contributed by atoms with Gasteiger partial charge in [-0.05, 0) is 20.8 Å². The molecule has 0 bridgehead atoms. The fourth-order valence-corrected chi connectivity index (χ4v) is 1.26. The molecule has 0 unspecified atom stereocenters. The van der Waals surface area contributed by atoms with Gasteiger partial charge in [-0.3, -0.25) is 9.48 Å². The molecule has 4 nitrogen and oxygen atoms in total. The summed E-state index contributed by atoms with van der Waals surface area (Å²) in [5.41, 5.74) is -0.509. The molecule has 0 saturated heterocycles. The van der Waals surface area contributed by atoms with Crippen LogP contribution in [0.1, 0.15) is 49.3 Å². The summed E-state index contributed by atoms with van der Waals surface area (Å²) >= 11 is 0. The number of halogens is 2. The second kappa shape index (κ2) is 5.05. The maximum absolute atomic E-state index is 12.6. The average molecular weight is 231 g/mol. The molecule has 90 valence electrons. The molecule has 0 aliphatic carbocycles. The predicted octanol–water partition coefficient (Wildman–Crippen LogP) is 2.15. The number of alkyl halides is 2. The Balaban J connectivity index is 3.10. The quantitative estimate of drug-likeness (QED) is 0.863. The zero-order valence-corrected chi connectivity index (χ0v) is 9.50. The molecular weight excluding hydrogens is 216 g/mol. The van der Waals surface area contributed by atoms with Gasteiger partial charge in [-0.25, -0.2) is 8.78 Å². The molecule has 0 radical (unpaired) electrons. The molecule has 1 aromatic heterocycles. The highest BCUT2D eigenvalue weighted by molar-refractivity contribution is 5.95. The third-order valence-corrected chi connectivity index (χ3v) is 2.08. The summed E-state index contributed by atoms with van der Waals surface area (Å²) in [5.74, 6) is -0.510. The predicted molar refractivity (Wildman–Crippen MR) is 55.6 cm³/mol. The topological polar surface area (TPSA) is 46.9 Å². The van der Waals surface area contributed by atoms with Crippen LogP contribution < -0.4 is 5.32 Å². The summed E-state index contributed by atoms with van der Waals surface area (Å²) in [4.78, 5) is 11.5. The smallest absolute Gasteiger partial charge is 0.282 e. The lowest BCUT2D eigenvalue weighted by molar-refractivity contribution is 0.0941. The number of aromatic nitrogens is 2. The van der Waals surface area contributed by atoms with E-state index in [-0.39, 0.29) is 11.6 Å². The molecule has 1 aromatic rings. The number of hydrogen-bond acceptors (Lipinski definition) is 2. The Bertz CT molecular complexity index is 374. The standard InChI is InChI=1S/C10H15F2N3O/c1-4-13-10(16)7-5-15(6(2)3)14-8(7)9(11)12/h5-6,9H,4H2,1-3H3,(H,13,16). The first-order valence-corrected chi connectivity index (χ1v) is 5.12. The molecule has 1 heterocycles. The van der Waals surface area contributed by atoms with E-state index < -0.39 is 18.0 Å². The van der Waals surface area contributed by atoms with Crippen molar-refractivity contribution in [1.29, 1.82) is 0 Å². The lowest BCUT2D eigenvalue weighted by atomic mass is 10.2. The Morgan fingerprint density at radius 1 is 1.56 bits per heavy atom. The zero-order chi connectivity index (χ0) is 12.3. The van der Waals surface area contributed by atoms with E-state index in [4.69, 9.17) is 0 Å². The molecule has 1 N–H and O–H groups in total. The lowest BCUT2D eigenvalue weighted by Gasteiger charge is -2.03. The number of hydrogen-bond donors (Lipinski definition) is 1. The third kappa shape index (κ3) is 2.56. The van der Waals surface area contributed by atoms with Gasteiger partial charge in [-0.1, -0.05) is 0 Å². The molecular formula is C10H15F2N3O. The van der Waals surface area contributed by atoms with E-state index in [9.17, 15) is 13.6 Å². The van der Waals surface area contributed by atoms with Crippen LogP contribution in [0.15, 0.2) is 6.20 Å². The van der Waals surface area contributed by atoms with Crippen LogP contribution in [0.5, 0.6) is 0 Å². The third-order valence-electron chi connectivity index (χ3n) is 2.08. The van der Waals surface area contributed by atoms with E-state index >= 15 is 0 Å². The second-order valence-electron chi connectivity index (χ2n) is 3.66. The first-order valence-electron chi connectivity index (χ1n) is 5.12. The van der Waals surface area contributed by atoms with Crippen molar-refractivity contribution < 1.29 is 13.6 Å². The number of carbonyl (C=O) groups is 1. The summed E-state index contributed by atoms with van der Waals surface area (Å²) in [6.45, 7) is 5.74. The van der Waals surface area contributed by atoms with Crippen molar-refractivity contribution in [3.63, 3.8) is 0 Å². The molecule has 0 aliphatic rings. The van der Waals surface area contributed by atoms with Crippen molar-refractivity contribution in [2.75, 3.05) is 6.54 Å². The van der Waals surface area contributed by atoms with Gasteiger partial charge in [0.25, 0.3) is 12.3 Å². The Morgan fingerprint density at radius 3 is 2.62 bits per heavy atom. The van der Waals surface area contributed by atoms with Gasteiger partial charge < -0.3 is 5.32 Å². The van der Waals surface area contributed by atoms with E-state index in [1.807, 2.05) is 13.8 Å². The maximum atomic E-state index is 12.6. The minimum atomic E-state index is -2.74. The van der Waals surface area contributed by atoms with Crippen LogP contribution in [0.4, 0.5) is 8.78 Å². The number of carbonyl (C=O) groups excluding carboxylic acids is 1. The molecule has 1 amide bonds. The first-order chi connectivity index (χ1) is 7.47. The summed E-state index contributed by atoms with van der Waals surface area (Å²) in [7, 11) is 0. The lowest BCUT2D eigenvalue weighted by Crippen LogP contribution is -2.23. The fraction of sp³-hybridized carbons (Fsp3) is 0.600. The van der Waals surface area contributed by atoms with E-state index in [0.29, 0.717) is 6.54 Å². The van der Waals surface area contributed by atoms with Crippen molar-refractivity contribution in [3.8, 4) is 0 Å². The molecule has 0 atom stereocenters. The van der Waals surface area contributed by atoms with Crippen LogP contribution in [0, 0.1) is 0 Å². The normalized spacial score (nSPS) is 11.2. The van der Waals surface area contributed by atoms with Gasteiger partial charge in [0.2, 0.25) is 0 Å². The SMILES string of the molecule is CCNC(=O)c1cn(C(C)C)nc1C(F)F. The second-order valence-corrected chi connectivity index (χ2v) is 3.66. The molecule has 0 saturated carbocycles. The van der Waals surface area contributed by atoms with Gasteiger partial charge in [0, 0.05) is 18.8 Å². The van der Waals surface area contributed by atoms with Gasteiger partial charge >= 0.3 is 0 Å². The number of amides is 1. The maximum Gasteiger partial charge on any atom is 0.282 e. The van der Waals surface area contributed by atoms with Gasteiger partial charge in [0.1, 0.15) is 5.69 Å². The minimum Gasteiger partial charge on any atom is -0.352 e. The highest BCUT2D eigenvalue weighted by atomic mass is 19.3. The summed E-state index contributed by atoms with van der Waals surface area (Å²) in [5, 5.41) is 6.20. The first kappa shape index (κ1) is 12.6. The summed E-state index contributed by atoms with van der Waals surface area (Å²) in [6.07, 6.45) is -1.38. The van der Waals surface area contributed by atoms with Gasteiger partial charge in [0.05, 0.1) is 5.56 Å². The van der Waals surface area contributed by atoms with Crippen LogP contribution in [0.25, 0.3) is 0 Å². The molecule has 6 heteroatoms. The molecule has 0 aliphatic heterocycles. The van der Waals surface area contributed by atoms with Crippen molar-refractivity contribution in [2.45, 2.75) is 33.2 Å². The Labute approximate surface area is 92.6 Å². The summed E-state index contributed by atoms with van der Waals surface area (Å²) in [6, 6.07) is -0.0549. The van der Waals surface area contributed by atoms with E-state index in [0.717, 1.165) is 0 Å². The largest absolute Gasteiger partial charge is 0.352 e. The molecule has 0 fully saturated rings. The Kier molecular flexibility index (Phi) is 3.98. The number of nitrogens with one attached hydrogen (secondary N) is 1. The van der Waals surface area contributed by atoms with Gasteiger partial charge in [-0.15, -0.1) is 0 Å². The van der Waals surface area contributed by atoms with Gasteiger partial charge in [-0.2, -0.15) is 5.10 Å². The van der Waals surface area contributed by atoms with Crippen LogP contribution in [-0.2, 0) is 0 Å². The van der Waals surface area contributed by atoms with E-state index in [2.05, 4.69) is 10.4 Å². The van der Waals surface area contributed by atoms with Crippen LogP contribution >= 0.6 is 0 Å². The fourth-order valence-electron chi connectivity index (χ4n) is 1.26. The highest BCUT2D eigenvalue weighted by Crippen LogP contribution is 2.22. The van der Waals surface area contributed by atoms with Gasteiger partial charge in [0.15, 0.2) is 0 Å². The summed E-state index contributed by atoms with van der Waals surface area (Å²) < 4.78 is 26.7. The van der Waals surface area contributed by atoms with Crippen molar-refractivity contribution in [3.05, 3.63) is 17.5 Å². The molecule has 16 heavy (non-hydrogen) atoms. The van der Waals surface area contributed by atoms with Crippen LogP contribution in [0.2, 0.25) is 0 Å². The van der Waals surface area contributed by atoms with Crippen molar-refractivity contribution >= 4 is 5.91 Å². The number of rotatable bonds is 4. The number of nitrogens with zero attached hydrogens (tertiary/aromatic N) is 2. The Hall–Kier alpha value is -1.46. The van der Waals surface area contributed by atoms with Crippen molar-refractivity contribution in [1.82, 2.24) is 15.1 Å². The highest BCUT2D eigenvalue weighted by Gasteiger charge is 2.23. The van der Waals surface area contributed by atoms with E-state index in [1.54, 1.807) is 6.92 Å². The van der Waals surface area contributed by atoms with Crippen LogP contribution in [-0.4, -0.2) is 22.2 Å².